The van der Waals surface area contributed by atoms with Crippen LogP contribution in [0.4, 0.5) is 4.79 Å². The van der Waals surface area contributed by atoms with Crippen LogP contribution >= 0.6 is 0 Å². The summed E-state index contributed by atoms with van der Waals surface area (Å²) in [5.41, 5.74) is 4.71. The van der Waals surface area contributed by atoms with E-state index in [4.69, 9.17) is 10.5 Å². The molecule has 9 nitrogen and oxygen atoms in total. The van der Waals surface area contributed by atoms with Crippen molar-refractivity contribution in [1.82, 2.24) is 15.4 Å². The molecule has 2 aliphatic rings. The van der Waals surface area contributed by atoms with Crippen molar-refractivity contribution in [2.45, 2.75) is 55.1 Å². The van der Waals surface area contributed by atoms with Crippen LogP contribution in [0.5, 0.6) is 5.75 Å². The normalized spacial score (nSPS) is 28.6. The van der Waals surface area contributed by atoms with E-state index in [9.17, 15) is 18.0 Å². The fourth-order valence-electron chi connectivity index (χ4n) is 3.50. The Morgan fingerprint density at radius 1 is 1.22 bits per heavy atom. The summed E-state index contributed by atoms with van der Waals surface area (Å²) in [6.07, 6.45) is 2.90. The van der Waals surface area contributed by atoms with Crippen molar-refractivity contribution < 1.29 is 22.7 Å². The van der Waals surface area contributed by atoms with Crippen LogP contribution in [-0.2, 0) is 20.4 Å². The first kappa shape index (κ1) is 19.6. The number of hydrogen-bond donors (Lipinski definition) is 4. The first-order chi connectivity index (χ1) is 12.7. The highest BCUT2D eigenvalue weighted by atomic mass is 32.2. The number of sulfonamides is 1. The van der Waals surface area contributed by atoms with Crippen molar-refractivity contribution >= 4 is 22.0 Å². The van der Waals surface area contributed by atoms with E-state index < -0.39 is 27.5 Å². The minimum absolute atomic E-state index is 0.00310. The molecule has 2 fully saturated rings. The van der Waals surface area contributed by atoms with Crippen LogP contribution in [-0.4, -0.2) is 39.5 Å². The smallest absolute Gasteiger partial charge is 0.322 e. The third-order valence-electron chi connectivity index (χ3n) is 5.16. The van der Waals surface area contributed by atoms with Gasteiger partial charge in [-0.2, -0.15) is 0 Å². The van der Waals surface area contributed by atoms with E-state index in [-0.39, 0.29) is 22.5 Å². The molecule has 1 aromatic carbocycles. The minimum atomic E-state index is -3.80. The van der Waals surface area contributed by atoms with E-state index >= 15 is 0 Å². The van der Waals surface area contributed by atoms with Gasteiger partial charge in [0.2, 0.25) is 10.0 Å². The Bertz CT molecular complexity index is 864. The number of imide groups is 1. The molecule has 1 aromatic rings. The molecule has 0 radical (unpaired) electrons. The van der Waals surface area contributed by atoms with Gasteiger partial charge in [0.1, 0.15) is 11.3 Å². The molecule has 1 heterocycles. The molecule has 0 spiro atoms. The van der Waals surface area contributed by atoms with E-state index in [1.54, 1.807) is 0 Å². The van der Waals surface area contributed by atoms with Crippen LogP contribution < -0.4 is 25.8 Å². The zero-order valence-electron chi connectivity index (χ0n) is 15.2. The van der Waals surface area contributed by atoms with Gasteiger partial charge >= 0.3 is 6.03 Å². The fraction of sp³-hybridized carbons (Fsp3) is 0.529. The van der Waals surface area contributed by atoms with Gasteiger partial charge in [-0.15, -0.1) is 0 Å². The SMILES string of the molecule is COc1ccc(S(=O)(=O)NC2CCC(N)CC2)cc1C1(C)NC(=O)NC1=O. The van der Waals surface area contributed by atoms with Crippen LogP contribution in [0.3, 0.4) is 0 Å². The highest BCUT2D eigenvalue weighted by molar-refractivity contribution is 7.89. The largest absolute Gasteiger partial charge is 0.496 e. The van der Waals surface area contributed by atoms with Gasteiger partial charge in [0.25, 0.3) is 5.91 Å². The second-order valence-corrected chi connectivity index (χ2v) is 8.84. The molecule has 3 amide bonds. The van der Waals surface area contributed by atoms with Gasteiger partial charge in [-0.05, 0) is 50.8 Å². The van der Waals surface area contributed by atoms with Crippen LogP contribution in [0.25, 0.3) is 0 Å². The first-order valence-corrected chi connectivity index (χ1v) is 10.2. The van der Waals surface area contributed by atoms with Gasteiger partial charge in [-0.1, -0.05) is 0 Å². The van der Waals surface area contributed by atoms with Crippen molar-refractivity contribution in [3.8, 4) is 5.75 Å². The van der Waals surface area contributed by atoms with E-state index in [1.807, 2.05) is 0 Å². The average Bonchev–Trinajstić information content (AvgIpc) is 2.89. The third-order valence-corrected chi connectivity index (χ3v) is 6.68. The molecule has 3 rings (SSSR count). The molecule has 1 atom stereocenters. The van der Waals surface area contributed by atoms with Gasteiger partial charge in [0.15, 0.2) is 0 Å². The predicted octanol–water partition coefficient (Wildman–Crippen LogP) is 0.298. The lowest BCUT2D eigenvalue weighted by atomic mass is 9.91. The fourth-order valence-corrected chi connectivity index (χ4v) is 4.83. The van der Waals surface area contributed by atoms with Gasteiger partial charge in [0.05, 0.1) is 12.0 Å². The number of urea groups is 1. The number of carbonyl (C=O) groups is 2. The average molecular weight is 396 g/mol. The Morgan fingerprint density at radius 3 is 2.44 bits per heavy atom. The van der Waals surface area contributed by atoms with Crippen molar-refractivity contribution in [3.05, 3.63) is 23.8 Å². The lowest BCUT2D eigenvalue weighted by Crippen LogP contribution is -2.42. The van der Waals surface area contributed by atoms with E-state index in [2.05, 4.69) is 15.4 Å². The second kappa shape index (κ2) is 7.10. The molecule has 0 bridgehead atoms. The van der Waals surface area contributed by atoms with Crippen LogP contribution in [0.2, 0.25) is 0 Å². The van der Waals surface area contributed by atoms with Gasteiger partial charge in [-0.25, -0.2) is 17.9 Å². The molecule has 0 aromatic heterocycles. The molecule has 27 heavy (non-hydrogen) atoms. The number of amides is 3. The molecule has 5 N–H and O–H groups in total. The summed E-state index contributed by atoms with van der Waals surface area (Å²) < 4.78 is 33.6. The zero-order chi connectivity index (χ0) is 19.8. The molecule has 148 valence electrons. The Kier molecular flexibility index (Phi) is 5.15. The number of nitrogens with two attached hydrogens (primary N) is 1. The van der Waals surface area contributed by atoms with E-state index in [0.29, 0.717) is 18.6 Å². The number of rotatable bonds is 5. The summed E-state index contributed by atoms with van der Waals surface area (Å²) in [7, 11) is -2.39. The Hall–Kier alpha value is -2.17. The lowest BCUT2D eigenvalue weighted by molar-refractivity contribution is -0.123. The number of hydrogen-bond acceptors (Lipinski definition) is 6. The molecule has 10 heteroatoms. The molecule has 1 unspecified atom stereocenters. The maximum atomic E-state index is 12.8. The number of nitrogens with one attached hydrogen (secondary N) is 3. The summed E-state index contributed by atoms with van der Waals surface area (Å²) in [6, 6.07) is 3.55. The molecule has 1 aliphatic carbocycles. The maximum Gasteiger partial charge on any atom is 0.322 e. The topological polar surface area (TPSA) is 140 Å². The van der Waals surface area contributed by atoms with Crippen molar-refractivity contribution in [3.63, 3.8) is 0 Å². The Morgan fingerprint density at radius 2 is 1.89 bits per heavy atom. The van der Waals surface area contributed by atoms with Gasteiger partial charge in [0, 0.05) is 17.6 Å². The van der Waals surface area contributed by atoms with Crippen LogP contribution in [0.1, 0.15) is 38.2 Å². The van der Waals surface area contributed by atoms with E-state index in [0.717, 1.165) is 12.8 Å². The highest BCUT2D eigenvalue weighted by Gasteiger charge is 2.45. The summed E-state index contributed by atoms with van der Waals surface area (Å²) in [5.74, 6) is -0.271. The Balaban J connectivity index is 1.93. The zero-order valence-corrected chi connectivity index (χ0v) is 16.1. The van der Waals surface area contributed by atoms with Crippen molar-refractivity contribution in [2.75, 3.05) is 7.11 Å². The molecule has 1 saturated heterocycles. The maximum absolute atomic E-state index is 12.8. The summed E-state index contributed by atoms with van der Waals surface area (Å²) in [6.45, 7) is 1.50. The predicted molar refractivity (Wildman–Crippen MR) is 97.6 cm³/mol. The van der Waals surface area contributed by atoms with Crippen LogP contribution in [0, 0.1) is 0 Å². The summed E-state index contributed by atoms with van der Waals surface area (Å²) in [5, 5.41) is 4.69. The number of carbonyl (C=O) groups excluding carboxylic acids is 2. The first-order valence-electron chi connectivity index (χ1n) is 8.76. The quantitative estimate of drug-likeness (QED) is 0.528. The second-order valence-electron chi connectivity index (χ2n) is 7.13. The summed E-state index contributed by atoms with van der Waals surface area (Å²) in [4.78, 5) is 23.8. The van der Waals surface area contributed by atoms with Gasteiger partial charge in [-0.3, -0.25) is 10.1 Å². The third kappa shape index (κ3) is 3.78. The molecular formula is C17H24N4O5S. The van der Waals surface area contributed by atoms with E-state index in [1.165, 1.54) is 32.2 Å². The molecular weight excluding hydrogens is 372 g/mol. The monoisotopic (exact) mass is 396 g/mol. The number of ether oxygens (including phenoxy) is 1. The lowest BCUT2D eigenvalue weighted by Gasteiger charge is -2.27. The molecule has 1 aliphatic heterocycles. The van der Waals surface area contributed by atoms with Crippen molar-refractivity contribution in [1.29, 1.82) is 0 Å². The van der Waals surface area contributed by atoms with Crippen LogP contribution in [0.15, 0.2) is 23.1 Å². The highest BCUT2D eigenvalue weighted by Crippen LogP contribution is 2.34. The minimum Gasteiger partial charge on any atom is -0.496 e. The standard InChI is InChI=1S/C17H24N4O5S/c1-17(15(22)19-16(23)20-17)13-9-12(7-8-14(13)26-2)27(24,25)21-11-5-3-10(18)4-6-11/h7-11,21H,3-6,18H2,1-2H3,(H2,19,20,22,23). The van der Waals surface area contributed by atoms with Gasteiger partial charge < -0.3 is 15.8 Å². The van der Waals surface area contributed by atoms with Crippen molar-refractivity contribution in [2.24, 2.45) is 5.73 Å². The number of methoxy groups -OCH3 is 1. The molecule has 1 saturated carbocycles. The Labute approximate surface area is 158 Å². The summed E-state index contributed by atoms with van der Waals surface area (Å²) >= 11 is 0. The number of benzene rings is 1.